The lowest BCUT2D eigenvalue weighted by atomic mass is 9.74. The Labute approximate surface area is 56.6 Å². The van der Waals surface area contributed by atoms with Crippen molar-refractivity contribution in [1.29, 1.82) is 0 Å². The van der Waals surface area contributed by atoms with E-state index in [0.29, 0.717) is 0 Å². The van der Waals surface area contributed by atoms with E-state index in [0.717, 1.165) is 22.7 Å². The molecule has 0 N–H and O–H groups in total. The Kier molecular flexibility index (Phi) is 0.470. The van der Waals surface area contributed by atoms with Crippen LogP contribution in [0.15, 0.2) is 0 Å². The summed E-state index contributed by atoms with van der Waals surface area (Å²) < 4.78 is 0. The maximum Gasteiger partial charge on any atom is -0.0207 e. The van der Waals surface area contributed by atoms with Gasteiger partial charge in [0, 0.05) is 0 Å². The summed E-state index contributed by atoms with van der Waals surface area (Å²) in [6.45, 7) is 5.02. The molecule has 0 aliphatic heterocycles. The molecule has 0 amide bonds. The van der Waals surface area contributed by atoms with Crippen LogP contribution in [-0.2, 0) is 0 Å². The fraction of sp³-hybridized carbons (Fsp3) is 1.00. The van der Waals surface area contributed by atoms with Gasteiger partial charge in [0.1, 0.15) is 0 Å². The molecule has 3 rings (SSSR count). The Morgan fingerprint density at radius 3 is 2.22 bits per heavy atom. The molecule has 2 unspecified atom stereocenters. The van der Waals surface area contributed by atoms with Crippen LogP contribution < -0.4 is 0 Å². The third-order valence-corrected chi connectivity index (χ3v) is 5.02. The van der Waals surface area contributed by atoms with E-state index in [2.05, 4.69) is 13.8 Å². The van der Waals surface area contributed by atoms with Crippen molar-refractivity contribution in [3.8, 4) is 0 Å². The van der Waals surface area contributed by atoms with E-state index in [1.807, 2.05) is 0 Å². The van der Waals surface area contributed by atoms with Crippen molar-refractivity contribution in [1.82, 2.24) is 0 Å². The van der Waals surface area contributed by atoms with Gasteiger partial charge in [0.15, 0.2) is 0 Å². The number of hydrogen-bond acceptors (Lipinski definition) is 0. The average molecular weight is 122 g/mol. The highest BCUT2D eigenvalue weighted by Gasteiger charge is 2.82. The quantitative estimate of drug-likeness (QED) is 0.463. The summed E-state index contributed by atoms with van der Waals surface area (Å²) in [5.74, 6) is 2.30. The van der Waals surface area contributed by atoms with Gasteiger partial charge in [-0.2, -0.15) is 0 Å². The molecule has 0 aromatic carbocycles. The molecule has 0 bridgehead atoms. The minimum absolute atomic E-state index is 0.831. The second-order valence-electron chi connectivity index (χ2n) is 4.72. The van der Waals surface area contributed by atoms with Gasteiger partial charge in [-0.3, -0.25) is 0 Å². The van der Waals surface area contributed by atoms with Gasteiger partial charge in [-0.05, 0) is 41.9 Å². The van der Waals surface area contributed by atoms with Crippen molar-refractivity contribution in [2.45, 2.75) is 33.1 Å². The highest BCUT2D eigenvalue weighted by atomic mass is 14.9. The van der Waals surface area contributed by atoms with Crippen LogP contribution in [0, 0.1) is 22.7 Å². The Morgan fingerprint density at radius 2 is 2.11 bits per heavy atom. The molecular weight excluding hydrogens is 108 g/mol. The van der Waals surface area contributed by atoms with E-state index in [1.165, 1.54) is 0 Å². The van der Waals surface area contributed by atoms with Crippen molar-refractivity contribution >= 4 is 0 Å². The molecule has 0 heterocycles. The van der Waals surface area contributed by atoms with Crippen LogP contribution in [0.1, 0.15) is 33.1 Å². The Hall–Kier alpha value is 0. The third-order valence-electron chi connectivity index (χ3n) is 5.02. The molecule has 3 saturated carbocycles. The zero-order chi connectivity index (χ0) is 6.28. The molecule has 9 heavy (non-hydrogen) atoms. The smallest absolute Gasteiger partial charge is 0.0207 e. The highest BCUT2D eigenvalue weighted by Crippen LogP contribution is 2.89. The molecular formula is C9H14. The minimum Gasteiger partial charge on any atom is -0.0588 e. The Morgan fingerprint density at radius 1 is 1.33 bits per heavy atom. The summed E-state index contributed by atoms with van der Waals surface area (Å²) in [6.07, 6.45) is 4.66. The first-order valence-corrected chi connectivity index (χ1v) is 4.19. The predicted molar refractivity (Wildman–Crippen MR) is 37.0 cm³/mol. The molecule has 0 aromatic heterocycles. The van der Waals surface area contributed by atoms with E-state index >= 15 is 0 Å². The summed E-state index contributed by atoms with van der Waals surface area (Å²) in [5, 5.41) is 0. The molecule has 0 nitrogen and oxygen atoms in total. The molecule has 4 atom stereocenters. The summed E-state index contributed by atoms with van der Waals surface area (Å²) in [6, 6.07) is 0. The van der Waals surface area contributed by atoms with Crippen LogP contribution in [0.3, 0.4) is 0 Å². The van der Waals surface area contributed by atoms with Crippen LogP contribution in [0.4, 0.5) is 0 Å². The highest BCUT2D eigenvalue weighted by molar-refractivity contribution is 5.30. The molecule has 0 radical (unpaired) electrons. The van der Waals surface area contributed by atoms with Crippen LogP contribution in [-0.4, -0.2) is 0 Å². The Bertz CT molecular complexity index is 165. The van der Waals surface area contributed by atoms with Gasteiger partial charge in [0.05, 0.1) is 0 Å². The van der Waals surface area contributed by atoms with E-state index in [1.54, 1.807) is 19.3 Å². The lowest BCUT2D eigenvalue weighted by Gasteiger charge is -2.31. The molecule has 0 spiro atoms. The molecule has 0 saturated heterocycles. The fourth-order valence-electron chi connectivity index (χ4n) is 3.98. The van der Waals surface area contributed by atoms with E-state index in [4.69, 9.17) is 0 Å². The summed E-state index contributed by atoms with van der Waals surface area (Å²) >= 11 is 0. The van der Waals surface area contributed by atoms with Gasteiger partial charge in [-0.15, -0.1) is 0 Å². The lowest BCUT2D eigenvalue weighted by Crippen LogP contribution is -2.23. The van der Waals surface area contributed by atoms with Gasteiger partial charge in [0.2, 0.25) is 0 Å². The maximum absolute atomic E-state index is 2.51. The van der Waals surface area contributed by atoms with Crippen molar-refractivity contribution in [2.75, 3.05) is 0 Å². The molecule has 3 aliphatic carbocycles. The predicted octanol–water partition coefficient (Wildman–Crippen LogP) is 2.44. The summed E-state index contributed by atoms with van der Waals surface area (Å²) in [4.78, 5) is 0. The van der Waals surface area contributed by atoms with Gasteiger partial charge in [-0.1, -0.05) is 13.8 Å². The second-order valence-corrected chi connectivity index (χ2v) is 4.72. The first-order valence-electron chi connectivity index (χ1n) is 4.19. The van der Waals surface area contributed by atoms with Crippen molar-refractivity contribution in [3.63, 3.8) is 0 Å². The normalized spacial score (nSPS) is 75.3. The average Bonchev–Trinajstić information content (AvgIpc) is 2.07. The summed E-state index contributed by atoms with van der Waals surface area (Å²) in [7, 11) is 0. The van der Waals surface area contributed by atoms with Gasteiger partial charge >= 0.3 is 0 Å². The SMILES string of the molecule is C[C@@]12C3CC[C@@]1(C)C2C3. The van der Waals surface area contributed by atoms with Gasteiger partial charge < -0.3 is 0 Å². The third kappa shape index (κ3) is 0.235. The first kappa shape index (κ1) is 4.76. The van der Waals surface area contributed by atoms with E-state index < -0.39 is 0 Å². The Balaban J connectivity index is 2.13. The summed E-state index contributed by atoms with van der Waals surface area (Å²) in [5.41, 5.74) is 1.69. The second kappa shape index (κ2) is 0.889. The molecule has 3 aliphatic rings. The van der Waals surface area contributed by atoms with Crippen LogP contribution >= 0.6 is 0 Å². The van der Waals surface area contributed by atoms with Crippen LogP contribution in [0.2, 0.25) is 0 Å². The lowest BCUT2D eigenvalue weighted by molar-refractivity contribution is 0.179. The zero-order valence-corrected chi connectivity index (χ0v) is 6.28. The van der Waals surface area contributed by atoms with Crippen LogP contribution in [0.5, 0.6) is 0 Å². The van der Waals surface area contributed by atoms with Gasteiger partial charge in [0.25, 0.3) is 0 Å². The minimum atomic E-state index is 0.831. The first-order chi connectivity index (χ1) is 4.19. The molecule has 0 aromatic rings. The maximum atomic E-state index is 2.51. The number of fused-ring (bicyclic) bond motifs is 1. The van der Waals surface area contributed by atoms with Crippen molar-refractivity contribution < 1.29 is 0 Å². The zero-order valence-electron chi connectivity index (χ0n) is 6.28. The van der Waals surface area contributed by atoms with E-state index in [9.17, 15) is 0 Å². The monoisotopic (exact) mass is 122 g/mol. The largest absolute Gasteiger partial charge is 0.0588 e. The molecule has 50 valence electrons. The molecule has 3 fully saturated rings. The topological polar surface area (TPSA) is 0 Å². The fourth-order valence-corrected chi connectivity index (χ4v) is 3.98. The standard InChI is InChI=1S/C9H14/c1-8-4-3-6-5-7(8)9(6,8)2/h6-7H,3-5H2,1-2H3/t6?,7?,8-,9-/m0/s1. The molecule has 0 heteroatoms. The van der Waals surface area contributed by atoms with Crippen molar-refractivity contribution in [3.05, 3.63) is 0 Å². The number of hydrogen-bond donors (Lipinski definition) is 0. The van der Waals surface area contributed by atoms with Crippen LogP contribution in [0.25, 0.3) is 0 Å². The van der Waals surface area contributed by atoms with Gasteiger partial charge in [-0.25, -0.2) is 0 Å². The van der Waals surface area contributed by atoms with Crippen molar-refractivity contribution in [2.24, 2.45) is 22.7 Å². The number of rotatable bonds is 0. The van der Waals surface area contributed by atoms with E-state index in [-0.39, 0.29) is 0 Å².